The van der Waals surface area contributed by atoms with Crippen LogP contribution in [0.5, 0.6) is 0 Å². The first-order valence-corrected chi connectivity index (χ1v) is 5.67. The van der Waals surface area contributed by atoms with Gasteiger partial charge in [-0.1, -0.05) is 32.9 Å². The minimum atomic E-state index is 0.163. The molecule has 1 aromatic carbocycles. The van der Waals surface area contributed by atoms with Crippen molar-refractivity contribution in [2.75, 3.05) is 0 Å². The number of aromatic nitrogens is 1. The Hall–Kier alpha value is -0.890. The van der Waals surface area contributed by atoms with Crippen molar-refractivity contribution in [2.24, 2.45) is 0 Å². The lowest BCUT2D eigenvalue weighted by Gasteiger charge is -2.13. The highest BCUT2D eigenvalue weighted by Crippen LogP contribution is 2.32. The molecule has 0 atom stereocenters. The number of hydrogen-bond acceptors (Lipinski definition) is 2. The molecule has 0 amide bonds. The zero-order valence-corrected chi connectivity index (χ0v) is 9.90. The first-order chi connectivity index (χ1) is 6.48. The molecule has 0 saturated heterocycles. The van der Waals surface area contributed by atoms with Crippen LogP contribution in [0.25, 0.3) is 10.2 Å². The molecule has 0 radical (unpaired) electrons. The minimum Gasteiger partial charge on any atom is -0.240 e. The van der Waals surface area contributed by atoms with Crippen LogP contribution in [0.4, 0.5) is 0 Å². The molecule has 74 valence electrons. The van der Waals surface area contributed by atoms with Crippen molar-refractivity contribution in [2.45, 2.75) is 33.1 Å². The van der Waals surface area contributed by atoms with Gasteiger partial charge in [0.05, 0.1) is 15.2 Å². The molecule has 14 heavy (non-hydrogen) atoms. The Balaban J connectivity index is 2.69. The number of para-hydroxylation sites is 1. The summed E-state index contributed by atoms with van der Waals surface area (Å²) in [5.41, 5.74) is 2.60. The highest BCUT2D eigenvalue weighted by atomic mass is 32.1. The average molecular weight is 205 g/mol. The van der Waals surface area contributed by atoms with Crippen LogP contribution in [0.3, 0.4) is 0 Å². The van der Waals surface area contributed by atoms with E-state index in [9.17, 15) is 0 Å². The van der Waals surface area contributed by atoms with Crippen LogP contribution in [0.1, 0.15) is 31.3 Å². The molecule has 0 spiro atoms. The van der Waals surface area contributed by atoms with Crippen molar-refractivity contribution in [1.29, 1.82) is 0 Å². The minimum absolute atomic E-state index is 0.163. The molecule has 1 aromatic heterocycles. The van der Waals surface area contributed by atoms with Gasteiger partial charge in [-0.15, -0.1) is 11.3 Å². The number of nitrogens with zero attached hydrogens (tertiary/aromatic N) is 1. The van der Waals surface area contributed by atoms with Crippen LogP contribution < -0.4 is 0 Å². The van der Waals surface area contributed by atoms with Crippen molar-refractivity contribution >= 4 is 21.6 Å². The van der Waals surface area contributed by atoms with E-state index in [4.69, 9.17) is 4.98 Å². The predicted octanol–water partition coefficient (Wildman–Crippen LogP) is 3.90. The summed E-state index contributed by atoms with van der Waals surface area (Å²) in [5, 5.41) is 1.22. The van der Waals surface area contributed by atoms with E-state index in [1.807, 2.05) is 11.3 Å². The fourth-order valence-corrected chi connectivity index (χ4v) is 2.51. The van der Waals surface area contributed by atoms with E-state index in [2.05, 4.69) is 45.9 Å². The summed E-state index contributed by atoms with van der Waals surface area (Å²) in [6.07, 6.45) is 0. The second-order valence-corrected chi connectivity index (χ2v) is 5.72. The topological polar surface area (TPSA) is 12.9 Å². The number of thiazole rings is 1. The maximum atomic E-state index is 4.70. The van der Waals surface area contributed by atoms with Gasteiger partial charge in [-0.05, 0) is 18.6 Å². The molecule has 1 nitrogen and oxygen atoms in total. The normalized spacial score (nSPS) is 12.3. The molecule has 1 heterocycles. The van der Waals surface area contributed by atoms with Crippen LogP contribution in [0.2, 0.25) is 0 Å². The monoisotopic (exact) mass is 205 g/mol. The van der Waals surface area contributed by atoms with Crippen LogP contribution in [-0.4, -0.2) is 4.98 Å². The van der Waals surface area contributed by atoms with Crippen molar-refractivity contribution in [3.8, 4) is 0 Å². The summed E-state index contributed by atoms with van der Waals surface area (Å²) in [5.74, 6) is 0. The third kappa shape index (κ3) is 1.55. The van der Waals surface area contributed by atoms with Crippen LogP contribution >= 0.6 is 11.3 Å². The fraction of sp³-hybridized carbons (Fsp3) is 0.417. The highest BCUT2D eigenvalue weighted by molar-refractivity contribution is 7.18. The molecule has 2 aromatic rings. The highest BCUT2D eigenvalue weighted by Gasteiger charge is 2.18. The molecule has 0 bridgehead atoms. The van der Waals surface area contributed by atoms with Gasteiger partial charge < -0.3 is 0 Å². The Kier molecular flexibility index (Phi) is 2.11. The zero-order chi connectivity index (χ0) is 10.3. The van der Waals surface area contributed by atoms with Crippen molar-refractivity contribution in [1.82, 2.24) is 4.98 Å². The van der Waals surface area contributed by atoms with E-state index in [1.54, 1.807) is 0 Å². The van der Waals surface area contributed by atoms with Gasteiger partial charge in [-0.2, -0.15) is 0 Å². The molecule has 0 N–H and O–H groups in total. The van der Waals surface area contributed by atoms with Gasteiger partial charge in [-0.25, -0.2) is 4.98 Å². The Bertz CT molecular complexity index is 463. The Morgan fingerprint density at radius 3 is 2.50 bits per heavy atom. The molecule has 0 fully saturated rings. The summed E-state index contributed by atoms with van der Waals surface area (Å²) >= 11 is 1.81. The summed E-state index contributed by atoms with van der Waals surface area (Å²) in [7, 11) is 0. The fourth-order valence-electron chi connectivity index (χ4n) is 1.41. The van der Waals surface area contributed by atoms with Crippen LogP contribution in [0.15, 0.2) is 18.2 Å². The lowest BCUT2D eigenvalue weighted by molar-refractivity contribution is 0.587. The number of rotatable bonds is 0. The maximum Gasteiger partial charge on any atom is 0.0992 e. The van der Waals surface area contributed by atoms with Gasteiger partial charge in [0, 0.05) is 5.41 Å². The van der Waals surface area contributed by atoms with Crippen LogP contribution in [0, 0.1) is 6.92 Å². The van der Waals surface area contributed by atoms with Gasteiger partial charge in [0.25, 0.3) is 0 Å². The molecule has 0 aliphatic rings. The molecule has 2 heteroatoms. The maximum absolute atomic E-state index is 4.70. The number of benzene rings is 1. The van der Waals surface area contributed by atoms with Crippen molar-refractivity contribution in [3.63, 3.8) is 0 Å². The third-order valence-electron chi connectivity index (χ3n) is 2.26. The summed E-state index contributed by atoms with van der Waals surface area (Å²) in [6, 6.07) is 6.37. The number of hydrogen-bond donors (Lipinski definition) is 0. The van der Waals surface area contributed by atoms with Gasteiger partial charge in [0.1, 0.15) is 0 Å². The largest absolute Gasteiger partial charge is 0.240 e. The summed E-state index contributed by atoms with van der Waals surface area (Å²) < 4.78 is 1.30. The second kappa shape index (κ2) is 3.06. The first-order valence-electron chi connectivity index (χ1n) is 4.85. The van der Waals surface area contributed by atoms with Gasteiger partial charge in [0.2, 0.25) is 0 Å². The van der Waals surface area contributed by atoms with Crippen molar-refractivity contribution < 1.29 is 0 Å². The second-order valence-electron chi connectivity index (χ2n) is 4.69. The van der Waals surface area contributed by atoms with Gasteiger partial charge in [0.15, 0.2) is 0 Å². The predicted molar refractivity (Wildman–Crippen MR) is 63.1 cm³/mol. The smallest absolute Gasteiger partial charge is 0.0992 e. The van der Waals surface area contributed by atoms with Gasteiger partial charge in [-0.3, -0.25) is 0 Å². The zero-order valence-electron chi connectivity index (χ0n) is 9.09. The molecule has 0 saturated carbocycles. The first kappa shape index (κ1) is 9.66. The Morgan fingerprint density at radius 1 is 1.21 bits per heavy atom. The van der Waals surface area contributed by atoms with E-state index in [0.29, 0.717) is 0 Å². The van der Waals surface area contributed by atoms with Crippen LogP contribution in [-0.2, 0) is 5.41 Å². The number of aryl methyl sites for hydroxylation is 1. The van der Waals surface area contributed by atoms with E-state index in [-0.39, 0.29) is 5.41 Å². The standard InChI is InChI=1S/C12H15NS/c1-8-6-5-7-9-10(8)13-11(14-9)12(2,3)4/h5-7H,1-4H3. The van der Waals surface area contributed by atoms with Crippen molar-refractivity contribution in [3.05, 3.63) is 28.8 Å². The lowest BCUT2D eigenvalue weighted by Crippen LogP contribution is -2.09. The molecule has 0 unspecified atom stereocenters. The van der Waals surface area contributed by atoms with E-state index in [1.165, 1.54) is 20.8 Å². The molecular formula is C12H15NS. The Morgan fingerprint density at radius 2 is 1.93 bits per heavy atom. The van der Waals surface area contributed by atoms with E-state index < -0.39 is 0 Å². The van der Waals surface area contributed by atoms with E-state index in [0.717, 1.165) is 0 Å². The molecular weight excluding hydrogens is 190 g/mol. The lowest BCUT2D eigenvalue weighted by atomic mass is 9.98. The molecule has 0 aliphatic carbocycles. The SMILES string of the molecule is Cc1cccc2sc(C(C)(C)C)nc12. The van der Waals surface area contributed by atoms with E-state index >= 15 is 0 Å². The average Bonchev–Trinajstić information content (AvgIpc) is 2.48. The number of fused-ring (bicyclic) bond motifs is 1. The molecule has 0 aliphatic heterocycles. The Labute approximate surface area is 88.8 Å². The third-order valence-corrected chi connectivity index (χ3v) is 3.71. The molecule has 2 rings (SSSR count). The summed E-state index contributed by atoms with van der Waals surface area (Å²) in [6.45, 7) is 8.74. The quantitative estimate of drug-likeness (QED) is 0.635. The summed E-state index contributed by atoms with van der Waals surface area (Å²) in [4.78, 5) is 4.70. The van der Waals surface area contributed by atoms with Gasteiger partial charge >= 0.3 is 0 Å².